The standard InChI is InChI=1S/C19H29N5O3/c1-22(11-7-15-12-20-21-13-15)19(27)16-5-6-18(26)24(14-16)10-3-9-23-8-2-4-17(23)25/h12-13,16H,2-11,14H2,1H3,(H,20,21). The van der Waals surface area contributed by atoms with Crippen molar-refractivity contribution in [2.45, 2.75) is 38.5 Å². The Kier molecular flexibility index (Phi) is 6.47. The molecule has 8 nitrogen and oxygen atoms in total. The van der Waals surface area contributed by atoms with Crippen molar-refractivity contribution < 1.29 is 14.4 Å². The van der Waals surface area contributed by atoms with Gasteiger partial charge in [0.25, 0.3) is 0 Å². The molecule has 2 aliphatic rings. The first-order valence-electron chi connectivity index (χ1n) is 9.83. The SMILES string of the molecule is CN(CCc1cn[nH]c1)C(=O)C1CCC(=O)N(CCCN2CCCC2=O)C1. The Morgan fingerprint density at radius 1 is 1.26 bits per heavy atom. The molecule has 2 saturated heterocycles. The van der Waals surface area contributed by atoms with Gasteiger partial charge in [-0.1, -0.05) is 0 Å². The van der Waals surface area contributed by atoms with Crippen molar-refractivity contribution in [3.63, 3.8) is 0 Å². The summed E-state index contributed by atoms with van der Waals surface area (Å²) in [4.78, 5) is 42.1. The zero-order valence-corrected chi connectivity index (χ0v) is 16.0. The first-order valence-corrected chi connectivity index (χ1v) is 9.83. The lowest BCUT2D eigenvalue weighted by Gasteiger charge is -2.34. The van der Waals surface area contributed by atoms with Crippen molar-refractivity contribution in [2.24, 2.45) is 5.92 Å². The molecule has 0 bridgehead atoms. The molecule has 1 atom stereocenters. The van der Waals surface area contributed by atoms with Gasteiger partial charge in [0, 0.05) is 58.8 Å². The van der Waals surface area contributed by atoms with Gasteiger partial charge in [0.15, 0.2) is 0 Å². The highest BCUT2D eigenvalue weighted by Crippen LogP contribution is 2.20. The fourth-order valence-electron chi connectivity index (χ4n) is 3.86. The van der Waals surface area contributed by atoms with Crippen LogP contribution >= 0.6 is 0 Å². The lowest BCUT2D eigenvalue weighted by Crippen LogP contribution is -2.47. The first kappa shape index (κ1) is 19.4. The van der Waals surface area contributed by atoms with E-state index in [2.05, 4.69) is 10.2 Å². The highest BCUT2D eigenvalue weighted by molar-refractivity contribution is 5.83. The van der Waals surface area contributed by atoms with Crippen molar-refractivity contribution >= 4 is 17.7 Å². The number of carbonyl (C=O) groups is 3. The molecule has 3 amide bonds. The fraction of sp³-hybridized carbons (Fsp3) is 0.684. The van der Waals surface area contributed by atoms with Gasteiger partial charge in [0.1, 0.15) is 0 Å². The van der Waals surface area contributed by atoms with Gasteiger partial charge in [-0.05, 0) is 31.2 Å². The van der Waals surface area contributed by atoms with Crippen molar-refractivity contribution in [3.8, 4) is 0 Å². The minimum Gasteiger partial charge on any atom is -0.345 e. The van der Waals surface area contributed by atoms with Crippen LogP contribution < -0.4 is 0 Å². The maximum Gasteiger partial charge on any atom is 0.227 e. The van der Waals surface area contributed by atoms with E-state index in [0.29, 0.717) is 45.4 Å². The quantitative estimate of drug-likeness (QED) is 0.723. The van der Waals surface area contributed by atoms with E-state index >= 15 is 0 Å². The molecule has 1 unspecified atom stereocenters. The van der Waals surface area contributed by atoms with Crippen molar-refractivity contribution in [3.05, 3.63) is 18.0 Å². The monoisotopic (exact) mass is 375 g/mol. The van der Waals surface area contributed by atoms with Crippen LogP contribution in [-0.4, -0.2) is 82.4 Å². The van der Waals surface area contributed by atoms with Crippen LogP contribution in [0.3, 0.4) is 0 Å². The number of hydrogen-bond donors (Lipinski definition) is 1. The maximum absolute atomic E-state index is 12.7. The average molecular weight is 375 g/mol. The summed E-state index contributed by atoms with van der Waals surface area (Å²) in [5.41, 5.74) is 1.08. The van der Waals surface area contributed by atoms with Gasteiger partial charge in [-0.2, -0.15) is 5.10 Å². The van der Waals surface area contributed by atoms with Crippen molar-refractivity contribution in [1.29, 1.82) is 0 Å². The van der Waals surface area contributed by atoms with E-state index in [9.17, 15) is 14.4 Å². The number of aromatic amines is 1. The molecule has 8 heteroatoms. The molecule has 0 saturated carbocycles. The van der Waals surface area contributed by atoms with Gasteiger partial charge in [0.2, 0.25) is 17.7 Å². The summed E-state index contributed by atoms with van der Waals surface area (Å²) < 4.78 is 0. The van der Waals surface area contributed by atoms with Gasteiger partial charge < -0.3 is 14.7 Å². The number of aromatic nitrogens is 2. The van der Waals surface area contributed by atoms with Gasteiger partial charge in [0.05, 0.1) is 12.1 Å². The predicted molar refractivity (Wildman–Crippen MR) is 99.7 cm³/mol. The molecule has 3 rings (SSSR count). The average Bonchev–Trinajstić information content (AvgIpc) is 3.32. The number of piperidine rings is 1. The summed E-state index contributed by atoms with van der Waals surface area (Å²) in [7, 11) is 1.82. The van der Waals surface area contributed by atoms with Crippen LogP contribution in [0.15, 0.2) is 12.4 Å². The fourth-order valence-corrected chi connectivity index (χ4v) is 3.86. The highest BCUT2D eigenvalue weighted by Gasteiger charge is 2.31. The van der Waals surface area contributed by atoms with E-state index in [0.717, 1.165) is 31.4 Å². The Labute approximate surface area is 159 Å². The number of rotatable bonds is 8. The summed E-state index contributed by atoms with van der Waals surface area (Å²) in [6, 6.07) is 0. The number of likely N-dealkylation sites (N-methyl/N-ethyl adjacent to an activating group) is 1. The molecule has 0 aliphatic carbocycles. The second-order valence-corrected chi connectivity index (χ2v) is 7.53. The molecule has 3 heterocycles. The largest absolute Gasteiger partial charge is 0.345 e. The van der Waals surface area contributed by atoms with Crippen LogP contribution in [0.2, 0.25) is 0 Å². The highest BCUT2D eigenvalue weighted by atomic mass is 16.2. The molecule has 148 valence electrons. The minimum absolute atomic E-state index is 0.103. The van der Waals surface area contributed by atoms with Gasteiger partial charge in [-0.15, -0.1) is 0 Å². The number of amides is 3. The van der Waals surface area contributed by atoms with E-state index in [1.165, 1.54) is 0 Å². The molecule has 0 radical (unpaired) electrons. The third kappa shape index (κ3) is 5.08. The molecule has 0 spiro atoms. The van der Waals surface area contributed by atoms with Gasteiger partial charge >= 0.3 is 0 Å². The van der Waals surface area contributed by atoms with Crippen LogP contribution in [0.5, 0.6) is 0 Å². The molecule has 27 heavy (non-hydrogen) atoms. The lowest BCUT2D eigenvalue weighted by molar-refractivity contribution is -0.142. The molecular formula is C19H29N5O3. The summed E-state index contributed by atoms with van der Waals surface area (Å²) in [6.07, 6.45) is 7.76. The molecule has 2 fully saturated rings. The van der Waals surface area contributed by atoms with Crippen LogP contribution in [0, 0.1) is 5.92 Å². The van der Waals surface area contributed by atoms with E-state index in [1.54, 1.807) is 16.0 Å². The van der Waals surface area contributed by atoms with Crippen molar-refractivity contribution in [1.82, 2.24) is 24.9 Å². The summed E-state index contributed by atoms with van der Waals surface area (Å²) in [6.45, 7) is 3.27. The van der Waals surface area contributed by atoms with Crippen LogP contribution in [0.1, 0.15) is 37.7 Å². The molecular weight excluding hydrogens is 346 g/mol. The Balaban J connectivity index is 1.44. The normalized spacial score (nSPS) is 20.4. The predicted octanol–water partition coefficient (Wildman–Crippen LogP) is 0.662. The number of nitrogens with one attached hydrogen (secondary N) is 1. The third-order valence-corrected chi connectivity index (χ3v) is 5.54. The van der Waals surface area contributed by atoms with Crippen LogP contribution in [-0.2, 0) is 20.8 Å². The number of hydrogen-bond acceptors (Lipinski definition) is 4. The number of nitrogens with zero attached hydrogens (tertiary/aromatic N) is 4. The number of likely N-dealkylation sites (tertiary alicyclic amines) is 2. The van der Waals surface area contributed by atoms with E-state index in [1.807, 2.05) is 18.1 Å². The van der Waals surface area contributed by atoms with Crippen molar-refractivity contribution in [2.75, 3.05) is 39.8 Å². The maximum atomic E-state index is 12.7. The van der Waals surface area contributed by atoms with E-state index < -0.39 is 0 Å². The Morgan fingerprint density at radius 2 is 2.04 bits per heavy atom. The first-order chi connectivity index (χ1) is 13.0. The third-order valence-electron chi connectivity index (χ3n) is 5.54. The second kappa shape index (κ2) is 9.01. The Bertz CT molecular complexity index is 660. The summed E-state index contributed by atoms with van der Waals surface area (Å²) in [5.74, 6) is 0.302. The smallest absolute Gasteiger partial charge is 0.227 e. The minimum atomic E-state index is -0.134. The van der Waals surface area contributed by atoms with Crippen LogP contribution in [0.4, 0.5) is 0 Å². The molecule has 2 aliphatic heterocycles. The zero-order valence-electron chi connectivity index (χ0n) is 16.0. The molecule has 1 N–H and O–H groups in total. The van der Waals surface area contributed by atoms with E-state index in [-0.39, 0.29) is 23.6 Å². The summed E-state index contributed by atoms with van der Waals surface area (Å²) >= 11 is 0. The Morgan fingerprint density at radius 3 is 2.74 bits per heavy atom. The van der Waals surface area contributed by atoms with E-state index in [4.69, 9.17) is 0 Å². The van der Waals surface area contributed by atoms with Gasteiger partial charge in [-0.25, -0.2) is 0 Å². The lowest BCUT2D eigenvalue weighted by atomic mass is 9.95. The molecule has 1 aromatic heterocycles. The zero-order chi connectivity index (χ0) is 19.2. The Hall–Kier alpha value is -2.38. The molecule has 0 aromatic carbocycles. The topological polar surface area (TPSA) is 89.6 Å². The summed E-state index contributed by atoms with van der Waals surface area (Å²) in [5, 5.41) is 6.69. The van der Waals surface area contributed by atoms with Gasteiger partial charge in [-0.3, -0.25) is 19.5 Å². The van der Waals surface area contributed by atoms with Crippen LogP contribution in [0.25, 0.3) is 0 Å². The number of H-pyrrole nitrogens is 1. The molecule has 1 aromatic rings. The number of carbonyl (C=O) groups excluding carboxylic acids is 3. The second-order valence-electron chi connectivity index (χ2n) is 7.53.